The minimum atomic E-state index is -0.457. The Kier molecular flexibility index (Phi) is 5.20. The number of phenolic OH excluding ortho intramolecular Hbond substituents is 1. The van der Waals surface area contributed by atoms with Crippen LogP contribution in [0.25, 0.3) is 32.9 Å². The van der Waals surface area contributed by atoms with E-state index in [1.807, 2.05) is 35.9 Å². The van der Waals surface area contributed by atoms with Gasteiger partial charge in [0, 0.05) is 41.0 Å². The first kappa shape index (κ1) is 21.9. The number of amides is 2. The lowest BCUT2D eigenvalue weighted by Gasteiger charge is -2.15. The summed E-state index contributed by atoms with van der Waals surface area (Å²) in [6.45, 7) is 3.45. The number of imide groups is 1. The number of likely N-dealkylation sites (tertiary alicyclic amines) is 1. The molecule has 0 unspecified atom stereocenters. The van der Waals surface area contributed by atoms with E-state index in [9.17, 15) is 14.7 Å². The fourth-order valence-corrected chi connectivity index (χ4v) is 5.60. The second kappa shape index (κ2) is 8.29. The van der Waals surface area contributed by atoms with Crippen LogP contribution in [0.15, 0.2) is 42.5 Å². The summed E-state index contributed by atoms with van der Waals surface area (Å²) >= 11 is 6.47. The lowest BCUT2D eigenvalue weighted by Crippen LogP contribution is -2.25. The van der Waals surface area contributed by atoms with Crippen LogP contribution in [0.2, 0.25) is 5.02 Å². The van der Waals surface area contributed by atoms with Gasteiger partial charge >= 0.3 is 0 Å². The number of aromatic nitrogens is 1. The zero-order valence-corrected chi connectivity index (χ0v) is 20.0. The molecule has 2 aliphatic heterocycles. The number of ether oxygens (including phenoxy) is 1. The van der Waals surface area contributed by atoms with Crippen LogP contribution < -0.4 is 10.1 Å². The summed E-state index contributed by atoms with van der Waals surface area (Å²) in [6, 6.07) is 12.6. The number of hydrogen-bond acceptors (Lipinski definition) is 5. The number of rotatable bonds is 5. The molecule has 8 heteroatoms. The highest BCUT2D eigenvalue weighted by Crippen LogP contribution is 2.43. The lowest BCUT2D eigenvalue weighted by molar-refractivity contribution is 0.0880. The van der Waals surface area contributed by atoms with Gasteiger partial charge in [0.05, 0.1) is 22.2 Å². The summed E-state index contributed by atoms with van der Waals surface area (Å²) < 4.78 is 7.89. The molecule has 3 aromatic carbocycles. The minimum Gasteiger partial charge on any atom is -0.504 e. The molecule has 178 valence electrons. The van der Waals surface area contributed by atoms with E-state index >= 15 is 0 Å². The van der Waals surface area contributed by atoms with Crippen molar-refractivity contribution in [2.45, 2.75) is 12.8 Å². The van der Waals surface area contributed by atoms with Gasteiger partial charge in [0.25, 0.3) is 11.8 Å². The number of nitrogens with one attached hydrogen (secondary N) is 1. The zero-order chi connectivity index (χ0) is 24.3. The molecular weight excluding hydrogens is 466 g/mol. The summed E-state index contributed by atoms with van der Waals surface area (Å²) in [6.07, 6.45) is 2.42. The van der Waals surface area contributed by atoms with Crippen molar-refractivity contribution in [1.29, 1.82) is 0 Å². The number of carbonyl (C=O) groups is 2. The normalized spacial score (nSPS) is 15.8. The summed E-state index contributed by atoms with van der Waals surface area (Å²) in [7, 11) is 1.90. The summed E-state index contributed by atoms with van der Waals surface area (Å²) in [4.78, 5) is 28.2. The third kappa shape index (κ3) is 3.46. The summed E-state index contributed by atoms with van der Waals surface area (Å²) in [5.41, 5.74) is 3.42. The molecule has 2 aliphatic rings. The third-order valence-corrected chi connectivity index (χ3v) is 7.41. The van der Waals surface area contributed by atoms with E-state index in [4.69, 9.17) is 16.3 Å². The third-order valence-electron chi connectivity index (χ3n) is 7.08. The van der Waals surface area contributed by atoms with Crippen molar-refractivity contribution in [2.75, 3.05) is 26.2 Å². The van der Waals surface area contributed by atoms with Gasteiger partial charge in [0.15, 0.2) is 11.5 Å². The lowest BCUT2D eigenvalue weighted by atomic mass is 9.93. The van der Waals surface area contributed by atoms with Crippen molar-refractivity contribution < 1.29 is 19.4 Å². The number of fused-ring (bicyclic) bond motifs is 5. The summed E-state index contributed by atoms with van der Waals surface area (Å²) in [5, 5.41) is 15.0. The van der Waals surface area contributed by atoms with Crippen LogP contribution >= 0.6 is 11.6 Å². The zero-order valence-electron chi connectivity index (χ0n) is 19.2. The van der Waals surface area contributed by atoms with Crippen molar-refractivity contribution >= 4 is 45.2 Å². The number of aryl methyl sites for hydroxylation is 1. The van der Waals surface area contributed by atoms with E-state index in [1.165, 1.54) is 12.8 Å². The molecule has 0 spiro atoms. The van der Waals surface area contributed by atoms with Crippen molar-refractivity contribution in [3.63, 3.8) is 0 Å². The Balaban J connectivity index is 1.53. The van der Waals surface area contributed by atoms with Crippen LogP contribution in [-0.2, 0) is 7.05 Å². The van der Waals surface area contributed by atoms with Crippen LogP contribution in [0, 0.1) is 0 Å². The predicted molar refractivity (Wildman–Crippen MR) is 136 cm³/mol. The maximum Gasteiger partial charge on any atom is 0.259 e. The standard InChI is InChI=1S/C27H24ClN3O4/c1-30-19-14-22(35-11-10-31-8-4-5-9-31)21(32)13-17(19)23-20(30)12-16(15-6-2-3-7-18(15)28)24-25(23)27(34)29-26(24)33/h2-3,6-7,12-14,32H,4-5,8-11H2,1H3,(H,29,33,34). The molecule has 35 heavy (non-hydrogen) atoms. The molecule has 1 saturated heterocycles. The van der Waals surface area contributed by atoms with Crippen LogP contribution in [0.5, 0.6) is 11.5 Å². The molecule has 1 aromatic heterocycles. The first-order valence-electron chi connectivity index (χ1n) is 11.7. The van der Waals surface area contributed by atoms with Gasteiger partial charge in [-0.3, -0.25) is 19.8 Å². The second-order valence-electron chi connectivity index (χ2n) is 9.12. The molecule has 0 radical (unpaired) electrons. The number of hydrogen-bond donors (Lipinski definition) is 2. The van der Waals surface area contributed by atoms with Crippen molar-refractivity contribution in [3.8, 4) is 22.6 Å². The van der Waals surface area contributed by atoms with Gasteiger partial charge < -0.3 is 14.4 Å². The molecular formula is C27H24ClN3O4. The molecule has 3 heterocycles. The molecule has 1 fully saturated rings. The quantitative estimate of drug-likeness (QED) is 0.396. The molecule has 4 aromatic rings. The van der Waals surface area contributed by atoms with E-state index in [0.29, 0.717) is 50.4 Å². The molecule has 0 atom stereocenters. The largest absolute Gasteiger partial charge is 0.504 e. The van der Waals surface area contributed by atoms with E-state index in [-0.39, 0.29) is 5.75 Å². The number of phenols is 1. The monoisotopic (exact) mass is 489 g/mol. The van der Waals surface area contributed by atoms with E-state index < -0.39 is 11.8 Å². The number of carbonyl (C=O) groups excluding carboxylic acids is 2. The Morgan fingerprint density at radius 2 is 1.74 bits per heavy atom. The number of benzene rings is 3. The first-order valence-corrected chi connectivity index (χ1v) is 12.1. The Labute approximate surface area is 206 Å². The first-order chi connectivity index (χ1) is 16.9. The smallest absolute Gasteiger partial charge is 0.259 e. The maximum atomic E-state index is 13.0. The predicted octanol–water partition coefficient (Wildman–Crippen LogP) is 4.72. The number of aromatic hydroxyl groups is 1. The number of halogens is 1. The van der Waals surface area contributed by atoms with E-state index in [1.54, 1.807) is 18.2 Å². The van der Waals surface area contributed by atoms with Crippen molar-refractivity contribution in [1.82, 2.24) is 14.8 Å². The van der Waals surface area contributed by atoms with Gasteiger partial charge in [-0.1, -0.05) is 29.8 Å². The molecule has 2 amide bonds. The minimum absolute atomic E-state index is 0.0000777. The Morgan fingerprint density at radius 3 is 2.51 bits per heavy atom. The molecule has 0 saturated carbocycles. The van der Waals surface area contributed by atoms with E-state index in [0.717, 1.165) is 30.7 Å². The molecule has 0 bridgehead atoms. The van der Waals surface area contributed by atoms with Gasteiger partial charge in [0.2, 0.25) is 0 Å². The number of nitrogens with zero attached hydrogens (tertiary/aromatic N) is 2. The maximum absolute atomic E-state index is 13.0. The average molecular weight is 490 g/mol. The van der Waals surface area contributed by atoms with Crippen LogP contribution in [0.1, 0.15) is 33.6 Å². The fraction of sp³-hybridized carbons (Fsp3) is 0.259. The summed E-state index contributed by atoms with van der Waals surface area (Å²) in [5.74, 6) is -0.516. The molecule has 6 rings (SSSR count). The van der Waals surface area contributed by atoms with Crippen molar-refractivity contribution in [2.24, 2.45) is 7.05 Å². The van der Waals surface area contributed by atoms with Crippen LogP contribution in [-0.4, -0.2) is 52.6 Å². The van der Waals surface area contributed by atoms with Gasteiger partial charge in [-0.05, 0) is 49.7 Å². The highest BCUT2D eigenvalue weighted by atomic mass is 35.5. The Bertz CT molecular complexity index is 1540. The highest BCUT2D eigenvalue weighted by molar-refractivity contribution is 6.36. The topological polar surface area (TPSA) is 83.8 Å². The molecule has 0 aliphatic carbocycles. The fourth-order valence-electron chi connectivity index (χ4n) is 5.36. The van der Waals surface area contributed by atoms with Crippen LogP contribution in [0.4, 0.5) is 0 Å². The molecule has 2 N–H and O–H groups in total. The molecule has 7 nitrogen and oxygen atoms in total. The van der Waals surface area contributed by atoms with Gasteiger partial charge in [-0.25, -0.2) is 0 Å². The van der Waals surface area contributed by atoms with Crippen molar-refractivity contribution in [3.05, 3.63) is 58.6 Å². The second-order valence-corrected chi connectivity index (χ2v) is 9.53. The van der Waals surface area contributed by atoms with E-state index in [2.05, 4.69) is 10.2 Å². The average Bonchev–Trinajstić information content (AvgIpc) is 3.53. The Morgan fingerprint density at radius 1 is 1.00 bits per heavy atom. The van der Waals surface area contributed by atoms with Gasteiger partial charge in [-0.15, -0.1) is 0 Å². The van der Waals surface area contributed by atoms with Gasteiger partial charge in [0.1, 0.15) is 6.61 Å². The highest BCUT2D eigenvalue weighted by Gasteiger charge is 2.34. The Hall–Kier alpha value is -3.55. The van der Waals surface area contributed by atoms with Crippen LogP contribution in [0.3, 0.4) is 0 Å². The van der Waals surface area contributed by atoms with Gasteiger partial charge in [-0.2, -0.15) is 0 Å². The SMILES string of the molecule is Cn1c2cc(OCCN3CCCC3)c(O)cc2c2c3c(c(-c4ccccc4Cl)cc21)C(=O)NC3=O.